The largest absolute Gasteiger partial charge is 0.477 e. The van der Waals surface area contributed by atoms with Crippen molar-refractivity contribution in [3.05, 3.63) is 98.8 Å². The number of carboxylic acid groups (broad SMARTS) is 1. The Morgan fingerprint density at radius 1 is 1.16 bits per heavy atom. The standard InChI is InChI=1S/C27H17F2N3O5/c28-18-9-13-7-14(25(30)33)6-12(13)8-15(18)11-32-20-10-19(29)16-3-5-37-24(16)22(20)21(23(32)27(35)36)17-2-1-4-31-26(17)34/h1-5,7-10H,6,11H2,(H2,30,33)(H,31,34)(H,35,36). The number of aromatic nitrogens is 2. The number of H-pyrrole nitrogens is 1. The lowest BCUT2D eigenvalue weighted by Crippen LogP contribution is -2.14. The van der Waals surface area contributed by atoms with Crippen LogP contribution in [0.3, 0.4) is 0 Å². The first-order valence-corrected chi connectivity index (χ1v) is 11.2. The zero-order valence-corrected chi connectivity index (χ0v) is 19.0. The highest BCUT2D eigenvalue weighted by Crippen LogP contribution is 2.40. The SMILES string of the molecule is NC(=O)C1=Cc2cc(F)c(Cn3c(C(=O)O)c(-c4ccc[nH]c4=O)c4c5occc5c(F)cc43)cc2C1. The van der Waals surface area contributed by atoms with Crippen molar-refractivity contribution in [2.75, 3.05) is 0 Å². The highest BCUT2D eigenvalue weighted by Gasteiger charge is 2.29. The number of nitrogens with two attached hydrogens (primary N) is 1. The number of aromatic carboxylic acids is 1. The summed E-state index contributed by atoms with van der Waals surface area (Å²) >= 11 is 0. The number of pyridine rings is 1. The minimum atomic E-state index is -1.39. The third-order valence-corrected chi connectivity index (χ3v) is 6.67. The first-order chi connectivity index (χ1) is 17.7. The molecule has 0 fully saturated rings. The fraction of sp³-hybridized carbons (Fsp3) is 0.0741. The summed E-state index contributed by atoms with van der Waals surface area (Å²) in [6, 6.07) is 8.34. The summed E-state index contributed by atoms with van der Waals surface area (Å²) in [6.45, 7) is -0.292. The van der Waals surface area contributed by atoms with Crippen LogP contribution < -0.4 is 11.3 Å². The van der Waals surface area contributed by atoms with Crippen LogP contribution in [0.4, 0.5) is 8.78 Å². The van der Waals surface area contributed by atoms with Gasteiger partial charge in [-0.25, -0.2) is 13.6 Å². The number of hydrogen-bond acceptors (Lipinski definition) is 4. The number of aromatic amines is 1. The van der Waals surface area contributed by atoms with E-state index < -0.39 is 29.1 Å². The fourth-order valence-electron chi connectivity index (χ4n) is 5.04. The maximum Gasteiger partial charge on any atom is 0.353 e. The Labute approximate surface area is 206 Å². The van der Waals surface area contributed by atoms with Crippen LogP contribution in [0.1, 0.15) is 27.2 Å². The van der Waals surface area contributed by atoms with Crippen LogP contribution >= 0.6 is 0 Å². The molecule has 0 saturated heterocycles. The Morgan fingerprint density at radius 2 is 1.97 bits per heavy atom. The number of carbonyl (C=O) groups excluding carboxylic acids is 1. The van der Waals surface area contributed by atoms with Gasteiger partial charge in [-0.3, -0.25) is 9.59 Å². The van der Waals surface area contributed by atoms with E-state index in [1.165, 1.54) is 53.4 Å². The van der Waals surface area contributed by atoms with E-state index in [9.17, 15) is 19.5 Å². The molecule has 0 atom stereocenters. The van der Waals surface area contributed by atoms with Gasteiger partial charge < -0.3 is 24.8 Å². The van der Waals surface area contributed by atoms with Crippen LogP contribution in [0, 0.1) is 11.6 Å². The molecule has 1 amide bonds. The average Bonchev–Trinajstić information content (AvgIpc) is 3.56. The zero-order chi connectivity index (χ0) is 26.0. The molecule has 3 aromatic heterocycles. The molecule has 184 valence electrons. The summed E-state index contributed by atoms with van der Waals surface area (Å²) in [5.74, 6) is -3.31. The van der Waals surface area contributed by atoms with Crippen molar-refractivity contribution in [3.63, 3.8) is 0 Å². The van der Waals surface area contributed by atoms with Gasteiger partial charge in [-0.2, -0.15) is 0 Å². The lowest BCUT2D eigenvalue weighted by atomic mass is 10.0. The zero-order valence-electron chi connectivity index (χ0n) is 19.0. The molecule has 0 aliphatic heterocycles. The number of amides is 1. The predicted octanol–water partition coefficient (Wildman–Crippen LogP) is 4.19. The number of nitrogens with zero attached hydrogens (tertiary/aromatic N) is 1. The fourth-order valence-corrected chi connectivity index (χ4v) is 5.04. The van der Waals surface area contributed by atoms with Gasteiger partial charge in [-0.05, 0) is 47.5 Å². The summed E-state index contributed by atoms with van der Waals surface area (Å²) in [5.41, 5.74) is 6.35. The second-order valence-corrected chi connectivity index (χ2v) is 8.80. The number of hydrogen-bond donors (Lipinski definition) is 3. The Bertz CT molecular complexity index is 1890. The molecule has 5 aromatic rings. The van der Waals surface area contributed by atoms with Crippen molar-refractivity contribution >= 4 is 39.8 Å². The Hall–Kier alpha value is -4.99. The summed E-state index contributed by atoms with van der Waals surface area (Å²) < 4.78 is 37.1. The third-order valence-electron chi connectivity index (χ3n) is 6.67. The van der Waals surface area contributed by atoms with Crippen LogP contribution in [-0.4, -0.2) is 26.5 Å². The van der Waals surface area contributed by atoms with E-state index in [-0.39, 0.29) is 57.2 Å². The number of fused-ring (bicyclic) bond motifs is 4. The molecule has 37 heavy (non-hydrogen) atoms. The van der Waals surface area contributed by atoms with E-state index in [0.29, 0.717) is 16.7 Å². The smallest absolute Gasteiger partial charge is 0.353 e. The lowest BCUT2D eigenvalue weighted by Gasteiger charge is -2.12. The average molecular weight is 501 g/mol. The monoisotopic (exact) mass is 501 g/mol. The van der Waals surface area contributed by atoms with Gasteiger partial charge in [0.2, 0.25) is 5.91 Å². The highest BCUT2D eigenvalue weighted by molar-refractivity contribution is 6.17. The lowest BCUT2D eigenvalue weighted by molar-refractivity contribution is -0.114. The van der Waals surface area contributed by atoms with Crippen molar-refractivity contribution in [3.8, 4) is 11.1 Å². The van der Waals surface area contributed by atoms with E-state index >= 15 is 8.78 Å². The molecule has 0 radical (unpaired) electrons. The Balaban J connectivity index is 1.64. The van der Waals surface area contributed by atoms with E-state index in [1.54, 1.807) is 0 Å². The first-order valence-electron chi connectivity index (χ1n) is 11.2. The molecule has 1 aliphatic carbocycles. The second kappa shape index (κ2) is 8.02. The summed E-state index contributed by atoms with van der Waals surface area (Å²) in [7, 11) is 0. The molecule has 0 saturated carbocycles. The molecule has 10 heteroatoms. The van der Waals surface area contributed by atoms with Crippen molar-refractivity contribution < 1.29 is 27.9 Å². The molecule has 0 bridgehead atoms. The van der Waals surface area contributed by atoms with Gasteiger partial charge in [0.25, 0.3) is 5.56 Å². The number of benzene rings is 2. The maximum atomic E-state index is 15.2. The molecule has 4 N–H and O–H groups in total. The summed E-state index contributed by atoms with van der Waals surface area (Å²) in [6.07, 6.45) is 4.40. The molecular formula is C27H17F2N3O5. The van der Waals surface area contributed by atoms with Gasteiger partial charge in [-0.1, -0.05) is 6.07 Å². The third kappa shape index (κ3) is 3.37. The normalized spacial score (nSPS) is 12.8. The van der Waals surface area contributed by atoms with Crippen molar-refractivity contribution in [2.24, 2.45) is 5.73 Å². The number of nitrogens with one attached hydrogen (secondary N) is 1. The quantitative estimate of drug-likeness (QED) is 0.332. The van der Waals surface area contributed by atoms with Gasteiger partial charge in [0.15, 0.2) is 0 Å². The number of carboxylic acids is 1. The highest BCUT2D eigenvalue weighted by atomic mass is 19.1. The second-order valence-electron chi connectivity index (χ2n) is 8.80. The first kappa shape index (κ1) is 22.5. The van der Waals surface area contributed by atoms with Gasteiger partial charge in [0.1, 0.15) is 22.9 Å². The van der Waals surface area contributed by atoms with E-state index in [2.05, 4.69) is 4.98 Å². The number of carbonyl (C=O) groups is 2. The number of rotatable bonds is 5. The minimum Gasteiger partial charge on any atom is -0.477 e. The van der Waals surface area contributed by atoms with Crippen LogP contribution in [0.5, 0.6) is 0 Å². The summed E-state index contributed by atoms with van der Waals surface area (Å²) in [5, 5.41) is 10.6. The van der Waals surface area contributed by atoms with Crippen LogP contribution in [0.2, 0.25) is 0 Å². The number of furan rings is 1. The molecule has 2 aromatic carbocycles. The van der Waals surface area contributed by atoms with Crippen molar-refractivity contribution in [1.82, 2.24) is 9.55 Å². The van der Waals surface area contributed by atoms with E-state index in [0.717, 1.165) is 6.07 Å². The molecule has 6 rings (SSSR count). The van der Waals surface area contributed by atoms with Crippen LogP contribution in [0.25, 0.3) is 39.1 Å². The van der Waals surface area contributed by atoms with Gasteiger partial charge >= 0.3 is 5.97 Å². The van der Waals surface area contributed by atoms with Crippen molar-refractivity contribution in [1.29, 1.82) is 0 Å². The van der Waals surface area contributed by atoms with Gasteiger partial charge in [0.05, 0.1) is 34.7 Å². The topological polar surface area (TPSA) is 131 Å². The molecule has 8 nitrogen and oxygen atoms in total. The molecule has 1 aliphatic rings. The van der Waals surface area contributed by atoms with Crippen LogP contribution in [0.15, 0.2) is 63.6 Å². The summed E-state index contributed by atoms with van der Waals surface area (Å²) in [4.78, 5) is 39.5. The predicted molar refractivity (Wildman–Crippen MR) is 131 cm³/mol. The maximum absolute atomic E-state index is 15.2. The van der Waals surface area contributed by atoms with E-state index in [4.69, 9.17) is 10.2 Å². The van der Waals surface area contributed by atoms with Crippen LogP contribution in [-0.2, 0) is 17.8 Å². The van der Waals surface area contributed by atoms with Gasteiger partial charge in [0, 0.05) is 29.3 Å². The minimum absolute atomic E-state index is 0.0311. The molecule has 3 heterocycles. The Morgan fingerprint density at radius 3 is 2.70 bits per heavy atom. The number of primary amides is 1. The molecular weight excluding hydrogens is 484 g/mol. The Kier molecular flexibility index (Phi) is 4.87. The van der Waals surface area contributed by atoms with E-state index in [1.807, 2.05) is 0 Å². The van der Waals surface area contributed by atoms with Gasteiger partial charge in [-0.15, -0.1) is 0 Å². The number of halogens is 2. The molecule has 0 unspecified atom stereocenters. The molecule has 0 spiro atoms. The van der Waals surface area contributed by atoms with Crippen molar-refractivity contribution in [2.45, 2.75) is 13.0 Å².